The van der Waals surface area contributed by atoms with E-state index in [0.29, 0.717) is 42.3 Å². The Kier molecular flexibility index (Phi) is 6.82. The van der Waals surface area contributed by atoms with Crippen molar-refractivity contribution >= 4 is 11.9 Å². The molecule has 0 spiro atoms. The van der Waals surface area contributed by atoms with Crippen molar-refractivity contribution in [3.05, 3.63) is 65.0 Å². The maximum absolute atomic E-state index is 12.8. The topological polar surface area (TPSA) is 71.6 Å². The van der Waals surface area contributed by atoms with Crippen molar-refractivity contribution in [2.24, 2.45) is 0 Å². The summed E-state index contributed by atoms with van der Waals surface area (Å²) in [7, 11) is 1.73. The van der Waals surface area contributed by atoms with Crippen molar-refractivity contribution in [2.45, 2.75) is 27.3 Å². The highest BCUT2D eigenvalue weighted by molar-refractivity contribution is 6.00. The molecule has 1 aromatic carbocycles. The van der Waals surface area contributed by atoms with Gasteiger partial charge in [-0.25, -0.2) is 4.79 Å². The van der Waals surface area contributed by atoms with Crippen LogP contribution in [0.1, 0.15) is 44.6 Å². The monoisotopic (exact) mass is 370 g/mol. The van der Waals surface area contributed by atoms with Gasteiger partial charge in [-0.05, 0) is 44.0 Å². The quantitative estimate of drug-likeness (QED) is 0.569. The van der Waals surface area contributed by atoms with Gasteiger partial charge < -0.3 is 19.4 Å². The van der Waals surface area contributed by atoms with Gasteiger partial charge >= 0.3 is 5.97 Å². The van der Waals surface area contributed by atoms with Crippen LogP contribution in [0.2, 0.25) is 0 Å². The van der Waals surface area contributed by atoms with Crippen LogP contribution in [0.15, 0.2) is 36.9 Å². The van der Waals surface area contributed by atoms with Crippen LogP contribution in [0, 0.1) is 13.8 Å². The summed E-state index contributed by atoms with van der Waals surface area (Å²) in [6.45, 7) is 10.1. The van der Waals surface area contributed by atoms with Gasteiger partial charge in [0, 0.05) is 19.3 Å². The molecule has 144 valence electrons. The van der Waals surface area contributed by atoms with Crippen LogP contribution in [0.25, 0.3) is 0 Å². The number of hydrogen-bond donors (Lipinski definition) is 1. The number of ether oxygens (including phenoxy) is 2. The highest BCUT2D eigenvalue weighted by Crippen LogP contribution is 2.21. The summed E-state index contributed by atoms with van der Waals surface area (Å²) in [4.78, 5) is 29.6. The average Bonchev–Trinajstić information content (AvgIpc) is 2.95. The maximum atomic E-state index is 12.8. The first-order valence-corrected chi connectivity index (χ1v) is 8.83. The van der Waals surface area contributed by atoms with Gasteiger partial charge in [0.15, 0.2) is 0 Å². The number of esters is 1. The average molecular weight is 370 g/mol. The van der Waals surface area contributed by atoms with Crippen LogP contribution < -0.4 is 4.74 Å². The molecular formula is C21H26N2O4. The van der Waals surface area contributed by atoms with Gasteiger partial charge in [-0.1, -0.05) is 24.8 Å². The van der Waals surface area contributed by atoms with Crippen LogP contribution in [0.3, 0.4) is 0 Å². The Balaban J connectivity index is 2.12. The van der Waals surface area contributed by atoms with Crippen LogP contribution in [0.5, 0.6) is 5.75 Å². The van der Waals surface area contributed by atoms with Crippen molar-refractivity contribution in [1.29, 1.82) is 0 Å². The number of nitrogens with zero attached hydrogens (tertiary/aromatic N) is 1. The molecule has 0 saturated heterocycles. The number of carbonyl (C=O) groups excluding carboxylic acids is 2. The second-order valence-electron chi connectivity index (χ2n) is 6.25. The predicted molar refractivity (Wildman–Crippen MR) is 104 cm³/mol. The smallest absolute Gasteiger partial charge is 0.340 e. The van der Waals surface area contributed by atoms with E-state index in [1.165, 1.54) is 0 Å². The van der Waals surface area contributed by atoms with Gasteiger partial charge in [0.25, 0.3) is 5.91 Å². The van der Waals surface area contributed by atoms with Gasteiger partial charge in [-0.15, -0.1) is 0 Å². The molecule has 1 aromatic heterocycles. The molecule has 0 aliphatic rings. The summed E-state index contributed by atoms with van der Waals surface area (Å²) in [5.74, 6) is 0.154. The standard InChI is InChI=1S/C21H26N2O4/c1-6-12-27-17-10-8-16(9-11-17)13-23(5)20(24)19-14(3)18(15(4)22-19)21(25)26-7-2/h6,8-11,22H,1,7,12-13H2,2-5H3. The molecule has 0 saturated carbocycles. The minimum atomic E-state index is -0.416. The van der Waals surface area contributed by atoms with Crippen molar-refractivity contribution in [1.82, 2.24) is 9.88 Å². The van der Waals surface area contributed by atoms with E-state index in [4.69, 9.17) is 9.47 Å². The minimum absolute atomic E-state index is 0.182. The SMILES string of the molecule is C=CCOc1ccc(CN(C)C(=O)c2[nH]c(C)c(C(=O)OCC)c2C)cc1. The number of aryl methyl sites for hydroxylation is 1. The summed E-state index contributed by atoms with van der Waals surface area (Å²) in [6.07, 6.45) is 1.69. The van der Waals surface area contributed by atoms with Gasteiger partial charge in [-0.3, -0.25) is 4.79 Å². The number of H-pyrrole nitrogens is 1. The van der Waals surface area contributed by atoms with Crippen molar-refractivity contribution in [3.63, 3.8) is 0 Å². The second kappa shape index (κ2) is 9.07. The molecule has 2 aromatic rings. The first-order valence-electron chi connectivity index (χ1n) is 8.83. The van der Waals surface area contributed by atoms with Gasteiger partial charge in [0.1, 0.15) is 18.1 Å². The van der Waals surface area contributed by atoms with E-state index >= 15 is 0 Å². The van der Waals surface area contributed by atoms with Crippen molar-refractivity contribution < 1.29 is 19.1 Å². The Morgan fingerprint density at radius 3 is 2.48 bits per heavy atom. The van der Waals surface area contributed by atoms with E-state index in [-0.39, 0.29) is 5.91 Å². The third-order valence-corrected chi connectivity index (χ3v) is 4.19. The van der Waals surface area contributed by atoms with Gasteiger partial charge in [0.05, 0.1) is 12.2 Å². The lowest BCUT2D eigenvalue weighted by Crippen LogP contribution is -2.27. The van der Waals surface area contributed by atoms with Crippen molar-refractivity contribution in [3.8, 4) is 5.75 Å². The van der Waals surface area contributed by atoms with E-state index in [9.17, 15) is 9.59 Å². The second-order valence-corrected chi connectivity index (χ2v) is 6.25. The maximum Gasteiger partial charge on any atom is 0.340 e. The van der Waals surface area contributed by atoms with E-state index < -0.39 is 5.97 Å². The normalized spacial score (nSPS) is 10.4. The van der Waals surface area contributed by atoms with E-state index in [1.54, 1.807) is 38.8 Å². The first kappa shape index (κ1) is 20.3. The number of aromatic amines is 1. The summed E-state index contributed by atoms with van der Waals surface area (Å²) in [6, 6.07) is 7.55. The highest BCUT2D eigenvalue weighted by Gasteiger charge is 2.24. The molecule has 0 atom stereocenters. The largest absolute Gasteiger partial charge is 0.490 e. The fraction of sp³-hybridized carbons (Fsp3) is 0.333. The number of nitrogens with one attached hydrogen (secondary N) is 1. The number of aromatic nitrogens is 1. The van der Waals surface area contributed by atoms with Crippen LogP contribution in [0.4, 0.5) is 0 Å². The Hall–Kier alpha value is -3.02. The predicted octanol–water partition coefficient (Wildman–Crippen LogP) is 3.65. The summed E-state index contributed by atoms with van der Waals surface area (Å²) < 4.78 is 10.5. The Labute approximate surface area is 159 Å². The minimum Gasteiger partial charge on any atom is -0.490 e. The molecule has 2 rings (SSSR count). The van der Waals surface area contributed by atoms with Crippen LogP contribution in [-0.2, 0) is 11.3 Å². The molecular weight excluding hydrogens is 344 g/mol. The fourth-order valence-corrected chi connectivity index (χ4v) is 2.86. The van der Waals surface area contributed by atoms with Gasteiger partial charge in [0.2, 0.25) is 0 Å². The molecule has 0 unspecified atom stereocenters. The molecule has 0 fully saturated rings. The zero-order chi connectivity index (χ0) is 20.0. The third-order valence-electron chi connectivity index (χ3n) is 4.19. The zero-order valence-electron chi connectivity index (χ0n) is 16.3. The lowest BCUT2D eigenvalue weighted by molar-refractivity contribution is 0.0525. The van der Waals surface area contributed by atoms with E-state index in [2.05, 4.69) is 11.6 Å². The van der Waals surface area contributed by atoms with Gasteiger partial charge in [-0.2, -0.15) is 0 Å². The number of carbonyl (C=O) groups is 2. The Bertz CT molecular complexity index is 821. The molecule has 1 N–H and O–H groups in total. The number of rotatable bonds is 8. The highest BCUT2D eigenvalue weighted by atomic mass is 16.5. The number of benzene rings is 1. The van der Waals surface area contributed by atoms with E-state index in [0.717, 1.165) is 11.3 Å². The molecule has 1 amide bonds. The molecule has 0 aliphatic carbocycles. The molecule has 1 heterocycles. The fourth-order valence-electron chi connectivity index (χ4n) is 2.86. The first-order chi connectivity index (χ1) is 12.9. The third kappa shape index (κ3) is 4.78. The summed E-state index contributed by atoms with van der Waals surface area (Å²) in [5.41, 5.74) is 3.05. The molecule has 6 nitrogen and oxygen atoms in total. The molecule has 0 aliphatic heterocycles. The summed E-state index contributed by atoms with van der Waals surface area (Å²) in [5, 5.41) is 0. The van der Waals surface area contributed by atoms with Crippen molar-refractivity contribution in [2.75, 3.05) is 20.3 Å². The Morgan fingerprint density at radius 2 is 1.89 bits per heavy atom. The summed E-state index contributed by atoms with van der Waals surface area (Å²) >= 11 is 0. The number of amides is 1. The molecule has 6 heteroatoms. The van der Waals surface area contributed by atoms with Crippen LogP contribution >= 0.6 is 0 Å². The number of hydrogen-bond acceptors (Lipinski definition) is 4. The Morgan fingerprint density at radius 1 is 1.22 bits per heavy atom. The van der Waals surface area contributed by atoms with E-state index in [1.807, 2.05) is 24.3 Å². The zero-order valence-corrected chi connectivity index (χ0v) is 16.3. The lowest BCUT2D eigenvalue weighted by Gasteiger charge is -2.17. The molecule has 0 radical (unpaired) electrons. The van der Waals surface area contributed by atoms with Crippen LogP contribution in [-0.4, -0.2) is 42.0 Å². The molecule has 0 bridgehead atoms. The molecule has 27 heavy (non-hydrogen) atoms. The lowest BCUT2D eigenvalue weighted by atomic mass is 10.1.